The van der Waals surface area contributed by atoms with E-state index in [0.29, 0.717) is 12.6 Å². The number of hydrogen-bond donors (Lipinski definition) is 1. The summed E-state index contributed by atoms with van der Waals surface area (Å²) in [7, 11) is 2.20. The molecule has 0 bridgehead atoms. The van der Waals surface area contributed by atoms with Gasteiger partial charge in [-0.3, -0.25) is 0 Å². The average molecular weight is 287 g/mol. The fourth-order valence-electron chi connectivity index (χ4n) is 3.32. The van der Waals surface area contributed by atoms with E-state index in [-0.39, 0.29) is 0 Å². The van der Waals surface area contributed by atoms with Crippen LogP contribution in [0.25, 0.3) is 5.65 Å². The third-order valence-corrected chi connectivity index (χ3v) is 4.31. The van der Waals surface area contributed by atoms with Crippen LogP contribution in [0.2, 0.25) is 0 Å². The molecule has 0 saturated carbocycles. The van der Waals surface area contributed by atoms with Crippen LogP contribution < -0.4 is 10.6 Å². The summed E-state index contributed by atoms with van der Waals surface area (Å²) < 4.78 is 2.18. The van der Waals surface area contributed by atoms with E-state index in [1.807, 2.05) is 6.07 Å². The molecule has 0 spiro atoms. The molecule has 2 aromatic rings. The van der Waals surface area contributed by atoms with Gasteiger partial charge in [0.2, 0.25) is 0 Å². The number of nitrogens with two attached hydrogens (primary N) is 1. The number of fused-ring (bicyclic) bond motifs is 1. The first-order valence-corrected chi connectivity index (χ1v) is 7.82. The number of rotatable bonds is 3. The smallest absolute Gasteiger partial charge is 0.151 e. The van der Waals surface area contributed by atoms with E-state index in [0.717, 1.165) is 37.5 Å². The van der Waals surface area contributed by atoms with Crippen molar-refractivity contribution >= 4 is 11.5 Å². The molecule has 1 aliphatic rings. The number of aromatic nitrogens is 2. The van der Waals surface area contributed by atoms with Crippen LogP contribution >= 0.6 is 0 Å². The number of hydrogen-bond acceptors (Lipinski definition) is 4. The zero-order valence-corrected chi connectivity index (χ0v) is 13.0. The molecule has 0 aliphatic carbocycles. The SMILES string of the molecule is CC1CN(C)CCCN1c1nc2ccccn2c1CCN. The minimum atomic E-state index is 0.471. The molecule has 1 saturated heterocycles. The fourth-order valence-corrected chi connectivity index (χ4v) is 3.32. The van der Waals surface area contributed by atoms with Crippen molar-refractivity contribution in [2.45, 2.75) is 25.8 Å². The monoisotopic (exact) mass is 287 g/mol. The number of likely N-dealkylation sites (N-methyl/N-ethyl adjacent to an activating group) is 1. The van der Waals surface area contributed by atoms with Gasteiger partial charge in [-0.1, -0.05) is 6.07 Å². The quantitative estimate of drug-likeness (QED) is 0.926. The Morgan fingerprint density at radius 1 is 1.33 bits per heavy atom. The van der Waals surface area contributed by atoms with E-state index in [9.17, 15) is 0 Å². The standard InChI is InChI=1S/C16H25N5/c1-13-12-19(2)9-5-11-20(13)16-14(7-8-17)21-10-4-3-6-15(21)18-16/h3-4,6,10,13H,5,7-9,11-12,17H2,1-2H3. The summed E-state index contributed by atoms with van der Waals surface area (Å²) in [6.45, 7) is 6.24. The van der Waals surface area contributed by atoms with Gasteiger partial charge in [-0.25, -0.2) is 4.98 Å². The Labute approximate surface area is 126 Å². The molecule has 1 atom stereocenters. The highest BCUT2D eigenvalue weighted by atomic mass is 15.3. The Morgan fingerprint density at radius 3 is 3.00 bits per heavy atom. The van der Waals surface area contributed by atoms with Crippen molar-refractivity contribution in [3.05, 3.63) is 30.1 Å². The predicted molar refractivity (Wildman–Crippen MR) is 86.9 cm³/mol. The van der Waals surface area contributed by atoms with Crippen LogP contribution in [0.5, 0.6) is 0 Å². The summed E-state index contributed by atoms with van der Waals surface area (Å²) in [4.78, 5) is 9.75. The molecule has 0 aromatic carbocycles. The molecule has 1 fully saturated rings. The van der Waals surface area contributed by atoms with E-state index >= 15 is 0 Å². The van der Waals surface area contributed by atoms with Gasteiger partial charge in [-0.2, -0.15) is 0 Å². The van der Waals surface area contributed by atoms with Crippen molar-refractivity contribution < 1.29 is 0 Å². The highest BCUT2D eigenvalue weighted by Gasteiger charge is 2.24. The third kappa shape index (κ3) is 2.76. The van der Waals surface area contributed by atoms with Crippen LogP contribution in [0, 0.1) is 0 Å². The Kier molecular flexibility index (Phi) is 4.12. The van der Waals surface area contributed by atoms with Crippen molar-refractivity contribution in [1.29, 1.82) is 0 Å². The maximum Gasteiger partial charge on any atom is 0.151 e. The summed E-state index contributed by atoms with van der Waals surface area (Å²) in [6.07, 6.45) is 4.13. The molecule has 5 nitrogen and oxygen atoms in total. The highest BCUT2D eigenvalue weighted by Crippen LogP contribution is 2.25. The molecule has 5 heteroatoms. The topological polar surface area (TPSA) is 49.8 Å². The van der Waals surface area contributed by atoms with Gasteiger partial charge in [0.1, 0.15) is 5.65 Å². The van der Waals surface area contributed by atoms with Crippen LogP contribution in [-0.2, 0) is 6.42 Å². The van der Waals surface area contributed by atoms with E-state index in [2.05, 4.69) is 46.5 Å². The Hall–Kier alpha value is -1.59. The molecule has 3 rings (SSSR count). The molecular formula is C16H25N5. The van der Waals surface area contributed by atoms with Gasteiger partial charge in [0.05, 0.1) is 5.69 Å². The average Bonchev–Trinajstić information content (AvgIpc) is 2.73. The van der Waals surface area contributed by atoms with Crippen LogP contribution in [-0.4, -0.2) is 53.6 Å². The lowest BCUT2D eigenvalue weighted by molar-refractivity contribution is 0.337. The Morgan fingerprint density at radius 2 is 2.19 bits per heavy atom. The second-order valence-electron chi connectivity index (χ2n) is 6.01. The van der Waals surface area contributed by atoms with Gasteiger partial charge >= 0.3 is 0 Å². The van der Waals surface area contributed by atoms with E-state index < -0.39 is 0 Å². The second-order valence-corrected chi connectivity index (χ2v) is 6.01. The minimum absolute atomic E-state index is 0.471. The van der Waals surface area contributed by atoms with E-state index in [1.54, 1.807) is 0 Å². The lowest BCUT2D eigenvalue weighted by Crippen LogP contribution is -2.38. The van der Waals surface area contributed by atoms with Crippen LogP contribution in [0.15, 0.2) is 24.4 Å². The maximum atomic E-state index is 5.83. The van der Waals surface area contributed by atoms with Gasteiger partial charge in [0.15, 0.2) is 5.82 Å². The summed E-state index contributed by atoms with van der Waals surface area (Å²) in [6, 6.07) is 6.63. The largest absolute Gasteiger partial charge is 0.351 e. The summed E-state index contributed by atoms with van der Waals surface area (Å²) in [5, 5.41) is 0. The third-order valence-electron chi connectivity index (χ3n) is 4.31. The van der Waals surface area contributed by atoms with Crippen molar-refractivity contribution in [2.24, 2.45) is 5.73 Å². The maximum absolute atomic E-state index is 5.83. The van der Waals surface area contributed by atoms with Crippen molar-refractivity contribution in [2.75, 3.05) is 38.1 Å². The number of pyridine rings is 1. The molecule has 0 amide bonds. The van der Waals surface area contributed by atoms with Gasteiger partial charge in [-0.15, -0.1) is 0 Å². The second kappa shape index (κ2) is 6.03. The molecule has 3 heterocycles. The van der Waals surface area contributed by atoms with Crippen LogP contribution in [0.1, 0.15) is 19.0 Å². The molecule has 1 aliphatic heterocycles. The molecule has 2 aromatic heterocycles. The Balaban J connectivity index is 2.03. The molecule has 2 N–H and O–H groups in total. The van der Waals surface area contributed by atoms with Gasteiger partial charge in [0, 0.05) is 31.7 Å². The molecule has 1 unspecified atom stereocenters. The van der Waals surface area contributed by atoms with Crippen LogP contribution in [0.4, 0.5) is 5.82 Å². The molecule has 0 radical (unpaired) electrons. The minimum Gasteiger partial charge on any atom is -0.351 e. The molecular weight excluding hydrogens is 262 g/mol. The fraction of sp³-hybridized carbons (Fsp3) is 0.562. The van der Waals surface area contributed by atoms with E-state index in [1.165, 1.54) is 12.1 Å². The molecule has 114 valence electrons. The number of imidazole rings is 1. The zero-order valence-electron chi connectivity index (χ0n) is 13.0. The summed E-state index contributed by atoms with van der Waals surface area (Å²) in [5.74, 6) is 1.12. The van der Waals surface area contributed by atoms with Crippen molar-refractivity contribution in [1.82, 2.24) is 14.3 Å². The zero-order chi connectivity index (χ0) is 14.8. The van der Waals surface area contributed by atoms with Gasteiger partial charge in [-0.05, 0) is 45.6 Å². The number of anilines is 1. The van der Waals surface area contributed by atoms with Crippen LogP contribution in [0.3, 0.4) is 0 Å². The van der Waals surface area contributed by atoms with Crippen molar-refractivity contribution in [3.8, 4) is 0 Å². The van der Waals surface area contributed by atoms with Gasteiger partial charge in [0.25, 0.3) is 0 Å². The molecule has 21 heavy (non-hydrogen) atoms. The predicted octanol–water partition coefficient (Wildman–Crippen LogP) is 1.37. The lowest BCUT2D eigenvalue weighted by Gasteiger charge is -2.29. The first-order valence-electron chi connectivity index (χ1n) is 7.82. The lowest BCUT2D eigenvalue weighted by atomic mass is 10.2. The van der Waals surface area contributed by atoms with Gasteiger partial charge < -0.3 is 19.9 Å². The Bertz CT molecular complexity index is 606. The first-order chi connectivity index (χ1) is 10.2. The van der Waals surface area contributed by atoms with E-state index in [4.69, 9.17) is 10.7 Å². The van der Waals surface area contributed by atoms with Crippen molar-refractivity contribution in [3.63, 3.8) is 0 Å². The normalized spacial score (nSPS) is 20.9. The summed E-state index contributed by atoms with van der Waals surface area (Å²) in [5.41, 5.74) is 8.08. The number of nitrogens with zero attached hydrogens (tertiary/aromatic N) is 4. The first kappa shape index (κ1) is 14.4. The summed E-state index contributed by atoms with van der Waals surface area (Å²) >= 11 is 0. The highest BCUT2D eigenvalue weighted by molar-refractivity contribution is 5.56.